The molecule has 1 N–H and O–H groups in total. The van der Waals surface area contributed by atoms with Crippen LogP contribution in [0.2, 0.25) is 0 Å². The van der Waals surface area contributed by atoms with Crippen LogP contribution in [-0.4, -0.2) is 160 Å². The minimum atomic E-state index is -4.71. The summed E-state index contributed by atoms with van der Waals surface area (Å²) in [4.78, 5) is 67.1. The number of carbonyl (C=O) groups excluding carboxylic acids is 5. The molecule has 0 saturated heterocycles. The minimum absolute atomic E-state index is 0. The van der Waals surface area contributed by atoms with E-state index in [0.29, 0.717) is 103 Å². The number of hydrogen-bond acceptors (Lipinski definition) is 14. The Balaban J connectivity index is 0.000000276. The molecule has 3 aliphatic rings. The molecule has 109 heavy (non-hydrogen) atoms. The zero-order valence-corrected chi connectivity index (χ0v) is 63.4. The van der Waals surface area contributed by atoms with E-state index >= 15 is 0 Å². The van der Waals surface area contributed by atoms with Crippen LogP contribution in [0.4, 0.5) is 69.7 Å². The van der Waals surface area contributed by atoms with Gasteiger partial charge in [0.25, 0.3) is 11.8 Å². The maximum atomic E-state index is 13.7. The van der Waals surface area contributed by atoms with Gasteiger partial charge in [-0.05, 0) is 178 Å². The van der Waals surface area contributed by atoms with Gasteiger partial charge in [0.2, 0.25) is 5.91 Å². The molecule has 23 nitrogen and oxygen atoms in total. The summed E-state index contributed by atoms with van der Waals surface area (Å²) in [6, 6.07) is 17.5. The number of aliphatic hydroxyl groups is 1. The summed E-state index contributed by atoms with van der Waals surface area (Å²) in [7, 11) is 0. The fourth-order valence-electron chi connectivity index (χ4n) is 12.1. The zero-order valence-electron chi connectivity index (χ0n) is 59.7. The molecule has 2 unspecified atom stereocenters. The van der Waals surface area contributed by atoms with Crippen molar-refractivity contribution in [2.24, 2.45) is 0 Å². The summed E-state index contributed by atoms with van der Waals surface area (Å²) < 4.78 is 175. The van der Waals surface area contributed by atoms with E-state index < -0.39 is 83.3 Å². The number of aryl methyl sites for hydroxylation is 3. The number of fused-ring (bicyclic) bond motifs is 3. The number of carbonyl (C=O) groups is 5. The van der Waals surface area contributed by atoms with Gasteiger partial charge in [0.15, 0.2) is 17.1 Å². The summed E-state index contributed by atoms with van der Waals surface area (Å²) in [5.74, 6) is -3.54. The van der Waals surface area contributed by atoms with Gasteiger partial charge in [-0.3, -0.25) is 38.0 Å². The first kappa shape index (κ1) is 90.5. The predicted octanol–water partition coefficient (Wildman–Crippen LogP) is 10.4. The third-order valence-corrected chi connectivity index (χ3v) is 17.2. The molecular weight excluding hydrogens is 1560 g/mol. The Morgan fingerprint density at radius 3 is 1.18 bits per heavy atom. The molecule has 6 aromatic heterocycles. The number of amides is 3. The number of alkyl halides is 10. The summed E-state index contributed by atoms with van der Waals surface area (Å²) in [5, 5.41) is 34.6. The zero-order chi connectivity index (χ0) is 76.6. The molecule has 0 aliphatic carbocycles. The van der Waals surface area contributed by atoms with E-state index in [0.717, 1.165) is 43.6 Å². The van der Waals surface area contributed by atoms with Crippen molar-refractivity contribution < 1.29 is 104 Å². The van der Waals surface area contributed by atoms with Crippen molar-refractivity contribution in [3.05, 3.63) is 186 Å². The Labute approximate surface area is 650 Å². The molecule has 3 aromatic carbocycles. The van der Waals surface area contributed by atoms with Crippen molar-refractivity contribution in [2.45, 2.75) is 150 Å². The number of halogens is 14. The molecule has 0 bridgehead atoms. The number of esters is 2. The van der Waals surface area contributed by atoms with Crippen LogP contribution in [0.3, 0.4) is 0 Å². The summed E-state index contributed by atoms with van der Waals surface area (Å²) in [5.41, 5.74) is 1.62. The second-order valence-corrected chi connectivity index (χ2v) is 25.5. The van der Waals surface area contributed by atoms with Gasteiger partial charge < -0.3 is 49.1 Å². The maximum absolute atomic E-state index is 13.7. The molecular formula is C71H79BrClF12MgN15O8. The first-order valence-corrected chi connectivity index (χ1v) is 34.0. The maximum Gasteiger partial charge on any atom is 2.00 e. The number of ether oxygens (including phenoxy) is 2. The van der Waals surface area contributed by atoms with E-state index in [4.69, 9.17) is 4.74 Å². The van der Waals surface area contributed by atoms with Crippen molar-refractivity contribution in [3.63, 3.8) is 0 Å². The van der Waals surface area contributed by atoms with E-state index in [1.807, 2.05) is 0 Å². The van der Waals surface area contributed by atoms with Gasteiger partial charge in [-0.15, -0.1) is 0 Å². The van der Waals surface area contributed by atoms with Crippen molar-refractivity contribution in [1.29, 1.82) is 0 Å². The number of aromatic nitrogens is 12. The largest absolute Gasteiger partial charge is 2.00 e. The second-order valence-electron chi connectivity index (χ2n) is 25.0. The average molecular weight is 1640 g/mol. The molecule has 12 rings (SSSR count). The first-order valence-electron chi connectivity index (χ1n) is 32.9. The van der Waals surface area contributed by atoms with Gasteiger partial charge in [-0.25, -0.2) is 27.2 Å². The van der Waals surface area contributed by atoms with Crippen molar-refractivity contribution in [1.82, 2.24) is 58.7 Å². The van der Waals surface area contributed by atoms with E-state index in [9.17, 15) is 81.8 Å². The fraction of sp³-hybridized carbons (Fsp3) is 0.408. The summed E-state index contributed by atoms with van der Waals surface area (Å²) in [6.07, 6.45) is -6.28. The third kappa shape index (κ3) is 22.1. The minimum Gasteiger partial charge on any atom is -1.00 e. The van der Waals surface area contributed by atoms with E-state index in [-0.39, 0.29) is 117 Å². The normalized spacial score (nSPS) is 13.8. The summed E-state index contributed by atoms with van der Waals surface area (Å²) >= 11 is 2.94. The van der Waals surface area contributed by atoms with Gasteiger partial charge in [0.1, 0.15) is 41.4 Å². The van der Waals surface area contributed by atoms with Crippen LogP contribution >= 0.6 is 15.9 Å². The van der Waals surface area contributed by atoms with Crippen molar-refractivity contribution in [2.75, 3.05) is 52.9 Å². The summed E-state index contributed by atoms with van der Waals surface area (Å²) in [6.45, 7) is 12.0. The molecule has 586 valence electrons. The van der Waals surface area contributed by atoms with Gasteiger partial charge in [-0.2, -0.15) is 70.1 Å². The van der Waals surface area contributed by atoms with E-state index in [1.165, 1.54) is 98.1 Å². The van der Waals surface area contributed by atoms with Crippen LogP contribution in [0, 0.1) is 45.6 Å². The quantitative estimate of drug-likeness (QED) is 0.0311. The molecule has 9 heterocycles. The van der Waals surface area contributed by atoms with Crippen LogP contribution in [-0.2, 0) is 77.8 Å². The molecule has 3 amide bonds. The SMILES string of the molecule is C.CCOC(=O)CBr.CCOC(=O)CC(C(=O)N1CCCc2c1cnn2-c1ccc(F)cc1)n1nc(C(F)(F)F)cc1C.Cc1cc(C(F)(F)F)nn1C(CC(C)(C)O)C(=O)N1CCCc2c1cnn2-c1ccc(F)cc1.Cc1cc(C(F)(F)F)nn1CC(=O)N1CCCc2c1cnn2-c1ccc(F)cc1.[CH3-].[Cl-].[Mg+2]. The van der Waals surface area contributed by atoms with Gasteiger partial charge >= 0.3 is 53.5 Å². The number of nitrogens with zero attached hydrogens (tertiary/aromatic N) is 15. The van der Waals surface area contributed by atoms with Gasteiger partial charge in [-0.1, -0.05) is 23.4 Å². The van der Waals surface area contributed by atoms with E-state index in [2.05, 4.69) is 51.3 Å². The fourth-order valence-corrected chi connectivity index (χ4v) is 12.2. The van der Waals surface area contributed by atoms with Crippen molar-refractivity contribution >= 4 is 85.7 Å². The standard InChI is InChI=1S/C23H23F4N5O3.C23H25F4N5O2.C19H17F4N5O.C4H7BrO2.CH4.CH3.ClH.Mg/c1-3-35-21(33)12-18(31-14(2)11-20(29-31)23(25,26)27)22(34)30-10-4-5-17-19(30)13-28-32(17)16-8-6-15(24)7-9-16;1-14-11-20(23(25,26)27)29-31(14)18(12-22(2,3)34)21(33)30-10-4-5-17-19(30)13-28-32(17)16-8-6-15(24)7-9-16;1-12-9-17(19(21,22)23)25-27(12)11-18(29)26-8-2-3-15-16(26)10-24-28(15)14-6-4-13(20)5-7-14;1-2-7-4(6)3-5;;;;/h6-9,11,13,18H,3-5,10,12H2,1-2H3;6-9,11,13,18,34H,4-5,10,12H2,1-3H3;4-7,9-10H,2-3,8,11H2,1H3;2-3H2,1H3;1H4;1H3;1H;/q;;;;;-1;;+2/p-1. The van der Waals surface area contributed by atoms with Crippen LogP contribution in [0.15, 0.2) is 110 Å². The molecule has 3 aliphatic heterocycles. The molecule has 38 heteroatoms. The van der Waals surface area contributed by atoms with Crippen LogP contribution in [0.25, 0.3) is 17.1 Å². The van der Waals surface area contributed by atoms with Crippen LogP contribution < -0.4 is 27.1 Å². The van der Waals surface area contributed by atoms with Crippen LogP contribution in [0.1, 0.15) is 131 Å². The van der Waals surface area contributed by atoms with Crippen LogP contribution in [0.5, 0.6) is 0 Å². The van der Waals surface area contributed by atoms with Gasteiger partial charge in [0, 0.05) is 43.1 Å². The molecule has 0 saturated carbocycles. The Morgan fingerprint density at radius 2 is 0.853 bits per heavy atom. The molecule has 2 atom stereocenters. The molecule has 0 fully saturated rings. The molecule has 9 aromatic rings. The Kier molecular flexibility index (Phi) is 31.6. The van der Waals surface area contributed by atoms with Gasteiger partial charge in [0.05, 0.1) is 95.0 Å². The number of hydrogen-bond donors (Lipinski definition) is 1. The number of rotatable bonds is 16. The second kappa shape index (κ2) is 38.0. The first-order chi connectivity index (χ1) is 49.5. The van der Waals surface area contributed by atoms with Crippen molar-refractivity contribution in [3.8, 4) is 17.1 Å². The molecule has 0 radical (unpaired) electrons. The Hall–Kier alpha value is -9.07. The third-order valence-electron chi connectivity index (χ3n) is 16.8. The van der Waals surface area contributed by atoms with E-state index in [1.54, 1.807) is 70.5 Å². The predicted molar refractivity (Wildman–Crippen MR) is 378 cm³/mol. The Morgan fingerprint density at radius 1 is 0.523 bits per heavy atom. The Bertz CT molecular complexity index is 4550. The smallest absolute Gasteiger partial charge is 1.00 e. The molecule has 0 spiro atoms. The number of anilines is 3. The monoisotopic (exact) mass is 1640 g/mol. The topological polar surface area (TPSA) is 241 Å². The average Bonchev–Trinajstić information content (AvgIpc) is 1.64. The number of benzene rings is 3.